The van der Waals surface area contributed by atoms with E-state index in [9.17, 15) is 24.0 Å². The fourth-order valence-electron chi connectivity index (χ4n) is 8.44. The number of carbonyl (C=O) groups excluding carboxylic acids is 5. The molecule has 0 spiro atoms. The van der Waals surface area contributed by atoms with Crippen LogP contribution in [0.3, 0.4) is 0 Å². The number of likely N-dealkylation sites (tertiary alicyclic amines) is 2. The van der Waals surface area contributed by atoms with Gasteiger partial charge in [0.05, 0.1) is 23.7 Å². The van der Waals surface area contributed by atoms with Crippen molar-refractivity contribution < 1.29 is 24.0 Å². The van der Waals surface area contributed by atoms with Gasteiger partial charge in [-0.15, -0.1) is 0 Å². The molecule has 33 heavy (non-hydrogen) atoms. The number of carbonyl (C=O) groups is 5. The lowest BCUT2D eigenvalue weighted by Gasteiger charge is -2.41. The van der Waals surface area contributed by atoms with E-state index in [-0.39, 0.29) is 71.0 Å². The van der Waals surface area contributed by atoms with E-state index in [2.05, 4.69) is 24.3 Å². The Morgan fingerprint density at radius 2 is 0.939 bits per heavy atom. The minimum atomic E-state index is -0.595. The number of imide groups is 2. The SMILES string of the molecule is O=C(Cl)C1CC(N2C(=O)C3C4C=CC(C4)C3C2=O)CC(N2C(=O)C3C4C=CC(C4)C3C2=O)C1. The molecule has 7 aliphatic rings. The number of fused-ring (bicyclic) bond motifs is 10. The molecule has 0 aromatic carbocycles. The van der Waals surface area contributed by atoms with E-state index in [0.717, 1.165) is 12.8 Å². The molecular formula is C25H25ClN2O5. The van der Waals surface area contributed by atoms with Gasteiger partial charge in [-0.25, -0.2) is 0 Å². The molecule has 5 aliphatic carbocycles. The topological polar surface area (TPSA) is 91.8 Å². The first-order chi connectivity index (χ1) is 15.8. The summed E-state index contributed by atoms with van der Waals surface area (Å²) in [5.41, 5.74) is 0. The number of allylic oxidation sites excluding steroid dienone is 4. The first-order valence-corrected chi connectivity index (χ1v) is 12.5. The molecule has 7 rings (SSSR count). The number of halogens is 1. The van der Waals surface area contributed by atoms with Crippen LogP contribution in [0.2, 0.25) is 0 Å². The molecule has 4 bridgehead atoms. The summed E-state index contributed by atoms with van der Waals surface area (Å²) in [6, 6.07) is -1.03. The van der Waals surface area contributed by atoms with Crippen LogP contribution >= 0.6 is 11.6 Å². The number of rotatable bonds is 3. The van der Waals surface area contributed by atoms with E-state index in [1.54, 1.807) is 0 Å². The molecule has 2 saturated heterocycles. The number of amides is 4. The second-order valence-corrected chi connectivity index (χ2v) is 11.5. The van der Waals surface area contributed by atoms with Gasteiger partial charge < -0.3 is 0 Å². The molecule has 10 unspecified atom stereocenters. The number of nitrogens with zero attached hydrogens (tertiary/aromatic N) is 2. The highest BCUT2D eigenvalue weighted by Gasteiger charge is 2.63. The van der Waals surface area contributed by atoms with Gasteiger partial charge in [-0.2, -0.15) is 0 Å². The predicted octanol–water partition coefficient (Wildman–Crippen LogP) is 1.90. The van der Waals surface area contributed by atoms with Crippen molar-refractivity contribution >= 4 is 40.5 Å². The molecule has 0 aromatic rings. The lowest BCUT2D eigenvalue weighted by atomic mass is 9.81. The molecule has 172 valence electrons. The molecule has 7 nitrogen and oxygen atoms in total. The van der Waals surface area contributed by atoms with Crippen LogP contribution in [-0.2, 0) is 24.0 Å². The van der Waals surface area contributed by atoms with Crippen LogP contribution in [0.1, 0.15) is 32.1 Å². The molecule has 0 radical (unpaired) electrons. The van der Waals surface area contributed by atoms with Crippen molar-refractivity contribution in [3.05, 3.63) is 24.3 Å². The highest BCUT2D eigenvalue weighted by atomic mass is 35.5. The summed E-state index contributed by atoms with van der Waals surface area (Å²) in [6.07, 6.45) is 10.9. The summed E-state index contributed by atoms with van der Waals surface area (Å²) < 4.78 is 0. The summed E-state index contributed by atoms with van der Waals surface area (Å²) in [6.45, 7) is 0. The number of hydrogen-bond donors (Lipinski definition) is 0. The van der Waals surface area contributed by atoms with Crippen molar-refractivity contribution in [2.75, 3.05) is 0 Å². The largest absolute Gasteiger partial charge is 0.281 e. The third kappa shape index (κ3) is 2.49. The maximum absolute atomic E-state index is 13.4. The Labute approximate surface area is 196 Å². The minimum Gasteiger partial charge on any atom is -0.281 e. The van der Waals surface area contributed by atoms with Crippen LogP contribution in [-0.4, -0.2) is 50.8 Å². The van der Waals surface area contributed by atoms with Gasteiger partial charge >= 0.3 is 0 Å². The molecule has 10 atom stereocenters. The summed E-state index contributed by atoms with van der Waals surface area (Å²) in [5.74, 6) is -2.05. The second-order valence-electron chi connectivity index (χ2n) is 11.1. The zero-order valence-electron chi connectivity index (χ0n) is 18.0. The van der Waals surface area contributed by atoms with Crippen LogP contribution in [0.25, 0.3) is 0 Å². The van der Waals surface area contributed by atoms with Gasteiger partial charge in [0.1, 0.15) is 0 Å². The Morgan fingerprint density at radius 3 is 1.24 bits per heavy atom. The highest BCUT2D eigenvalue weighted by molar-refractivity contribution is 6.64. The Hall–Kier alpha value is -2.28. The summed E-state index contributed by atoms with van der Waals surface area (Å²) in [4.78, 5) is 68.5. The Morgan fingerprint density at radius 1 is 0.606 bits per heavy atom. The van der Waals surface area contributed by atoms with Gasteiger partial charge in [0, 0.05) is 18.0 Å². The molecule has 8 heteroatoms. The number of hydrogen-bond acceptors (Lipinski definition) is 5. The molecular weight excluding hydrogens is 444 g/mol. The van der Waals surface area contributed by atoms with Crippen LogP contribution in [0, 0.1) is 53.3 Å². The predicted molar refractivity (Wildman–Crippen MR) is 115 cm³/mol. The second kappa shape index (κ2) is 6.65. The van der Waals surface area contributed by atoms with Gasteiger partial charge in [-0.1, -0.05) is 24.3 Å². The van der Waals surface area contributed by atoms with E-state index in [1.165, 1.54) is 9.80 Å². The maximum Gasteiger partial charge on any atom is 0.233 e. The standard InChI is InChI=1S/C25H25ClN2O5/c26-21(29)14-7-15(27-22(30)17-10-1-2-11(5-10)18(17)23(27)31)9-16(8-14)28-24(32)19-12-3-4-13(6-12)20(19)25(28)33/h1-4,10-20H,5-9H2. The van der Waals surface area contributed by atoms with Crippen molar-refractivity contribution in [2.45, 2.75) is 44.2 Å². The average molecular weight is 469 g/mol. The van der Waals surface area contributed by atoms with E-state index in [0.29, 0.717) is 19.3 Å². The quantitative estimate of drug-likeness (QED) is 0.358. The Balaban J connectivity index is 1.19. The van der Waals surface area contributed by atoms with E-state index >= 15 is 0 Å². The van der Waals surface area contributed by atoms with Crippen LogP contribution < -0.4 is 0 Å². The molecule has 0 aromatic heterocycles. The van der Waals surface area contributed by atoms with Crippen LogP contribution in [0.5, 0.6) is 0 Å². The lowest BCUT2D eigenvalue weighted by molar-refractivity contribution is -0.148. The molecule has 2 aliphatic heterocycles. The van der Waals surface area contributed by atoms with Crippen molar-refractivity contribution in [2.24, 2.45) is 53.3 Å². The summed E-state index contributed by atoms with van der Waals surface area (Å²) in [7, 11) is 0. The first-order valence-electron chi connectivity index (χ1n) is 12.1. The summed E-state index contributed by atoms with van der Waals surface area (Å²) in [5, 5.41) is -0.535. The van der Waals surface area contributed by atoms with E-state index in [1.807, 2.05) is 0 Å². The highest BCUT2D eigenvalue weighted by Crippen LogP contribution is 2.55. The van der Waals surface area contributed by atoms with Crippen molar-refractivity contribution in [3.8, 4) is 0 Å². The third-order valence-corrected chi connectivity index (χ3v) is 10.0. The summed E-state index contributed by atoms with van der Waals surface area (Å²) >= 11 is 5.91. The monoisotopic (exact) mass is 468 g/mol. The van der Waals surface area contributed by atoms with Crippen molar-refractivity contribution in [1.29, 1.82) is 0 Å². The van der Waals surface area contributed by atoms with Gasteiger partial charge in [-0.3, -0.25) is 33.8 Å². The molecule has 2 heterocycles. The molecule has 5 fully saturated rings. The van der Waals surface area contributed by atoms with E-state index in [4.69, 9.17) is 11.6 Å². The lowest BCUT2D eigenvalue weighted by Crippen LogP contribution is -2.53. The average Bonchev–Trinajstić information content (AvgIpc) is 3.61. The molecule has 4 amide bonds. The van der Waals surface area contributed by atoms with Gasteiger partial charge in [0.25, 0.3) is 0 Å². The third-order valence-electron chi connectivity index (χ3n) is 9.72. The van der Waals surface area contributed by atoms with Crippen molar-refractivity contribution in [3.63, 3.8) is 0 Å². The fourth-order valence-corrected chi connectivity index (χ4v) is 8.62. The Kier molecular flexibility index (Phi) is 4.05. The van der Waals surface area contributed by atoms with Gasteiger partial charge in [0.2, 0.25) is 28.9 Å². The van der Waals surface area contributed by atoms with Gasteiger partial charge in [-0.05, 0) is 67.4 Å². The van der Waals surface area contributed by atoms with Gasteiger partial charge in [0.15, 0.2) is 0 Å². The molecule has 0 N–H and O–H groups in total. The normalized spacial score (nSPS) is 49.1. The molecule has 3 saturated carbocycles. The fraction of sp³-hybridized carbons (Fsp3) is 0.640. The minimum absolute atomic E-state index is 0.107. The van der Waals surface area contributed by atoms with E-state index < -0.39 is 23.2 Å². The van der Waals surface area contributed by atoms with Crippen molar-refractivity contribution in [1.82, 2.24) is 9.80 Å². The zero-order valence-corrected chi connectivity index (χ0v) is 18.8. The Bertz CT molecular complexity index is 947. The zero-order chi connectivity index (χ0) is 22.8. The first kappa shape index (κ1) is 20.1. The smallest absolute Gasteiger partial charge is 0.233 e. The maximum atomic E-state index is 13.4. The van der Waals surface area contributed by atoms with Crippen LogP contribution in [0.4, 0.5) is 0 Å². The van der Waals surface area contributed by atoms with Crippen LogP contribution in [0.15, 0.2) is 24.3 Å².